The first kappa shape index (κ1) is 18.0. The number of aliphatic hydroxyl groups is 1. The highest BCUT2D eigenvalue weighted by molar-refractivity contribution is 5.62. The van der Waals surface area contributed by atoms with Crippen LogP contribution in [0.1, 0.15) is 36.8 Å². The number of nitrogens with zero attached hydrogens (tertiary/aromatic N) is 3. The van der Waals surface area contributed by atoms with E-state index in [4.69, 9.17) is 0 Å². The monoisotopic (exact) mass is 353 g/mol. The first-order valence-corrected chi connectivity index (χ1v) is 8.67. The van der Waals surface area contributed by atoms with Gasteiger partial charge in [-0.05, 0) is 50.4 Å². The molecule has 4 nitrogen and oxygen atoms in total. The molecule has 1 aromatic rings. The maximum atomic E-state index is 12.9. The van der Waals surface area contributed by atoms with Crippen molar-refractivity contribution in [2.45, 2.75) is 43.9 Å². The number of aliphatic hydroxyl groups excluding tert-OH is 1. The quantitative estimate of drug-likeness (QED) is 0.904. The van der Waals surface area contributed by atoms with Gasteiger partial charge in [-0.25, -0.2) is 0 Å². The van der Waals surface area contributed by atoms with E-state index >= 15 is 0 Å². The lowest BCUT2D eigenvalue weighted by Gasteiger charge is -2.33. The number of alkyl halides is 3. The summed E-state index contributed by atoms with van der Waals surface area (Å²) in [6.45, 7) is 2.59. The van der Waals surface area contributed by atoms with E-state index < -0.39 is 11.7 Å². The number of hydrogen-bond acceptors (Lipinski definition) is 4. The van der Waals surface area contributed by atoms with Crippen LogP contribution < -0.4 is 4.90 Å². The molecule has 2 aliphatic rings. The number of rotatable bonds is 4. The zero-order chi connectivity index (χ0) is 18.0. The van der Waals surface area contributed by atoms with Crippen molar-refractivity contribution in [3.05, 3.63) is 29.3 Å². The molecule has 0 aromatic heterocycles. The molecule has 2 atom stereocenters. The van der Waals surface area contributed by atoms with Gasteiger partial charge in [0.2, 0.25) is 0 Å². The van der Waals surface area contributed by atoms with Gasteiger partial charge in [-0.2, -0.15) is 18.4 Å². The third-order valence-electron chi connectivity index (χ3n) is 5.29. The zero-order valence-corrected chi connectivity index (χ0v) is 14.0. The van der Waals surface area contributed by atoms with Gasteiger partial charge in [0.1, 0.15) is 6.07 Å². The van der Waals surface area contributed by atoms with Crippen molar-refractivity contribution in [1.82, 2.24) is 4.90 Å². The zero-order valence-electron chi connectivity index (χ0n) is 14.0. The van der Waals surface area contributed by atoms with Crippen molar-refractivity contribution in [1.29, 1.82) is 5.26 Å². The van der Waals surface area contributed by atoms with Crippen molar-refractivity contribution in [2.24, 2.45) is 0 Å². The van der Waals surface area contributed by atoms with Crippen LogP contribution in [0.25, 0.3) is 0 Å². The van der Waals surface area contributed by atoms with E-state index in [2.05, 4.69) is 9.80 Å². The van der Waals surface area contributed by atoms with E-state index in [0.717, 1.165) is 57.5 Å². The number of nitriles is 1. The lowest BCUT2D eigenvalue weighted by molar-refractivity contribution is -0.137. The van der Waals surface area contributed by atoms with Crippen LogP contribution in [0, 0.1) is 11.3 Å². The number of likely N-dealkylation sites (tertiary alicyclic amines) is 1. The fraction of sp³-hybridized carbons (Fsp3) is 0.611. The molecule has 0 saturated carbocycles. The fourth-order valence-corrected chi connectivity index (χ4v) is 4.01. The number of halogens is 3. The van der Waals surface area contributed by atoms with Crippen molar-refractivity contribution < 1.29 is 18.3 Å². The van der Waals surface area contributed by atoms with E-state index in [0.29, 0.717) is 5.69 Å². The van der Waals surface area contributed by atoms with Crippen molar-refractivity contribution in [2.75, 3.05) is 31.1 Å². The Morgan fingerprint density at radius 3 is 2.56 bits per heavy atom. The van der Waals surface area contributed by atoms with Crippen molar-refractivity contribution >= 4 is 5.69 Å². The summed E-state index contributed by atoms with van der Waals surface area (Å²) >= 11 is 0. The van der Waals surface area contributed by atoms with Gasteiger partial charge >= 0.3 is 6.18 Å². The highest BCUT2D eigenvalue weighted by Gasteiger charge is 2.34. The van der Waals surface area contributed by atoms with Gasteiger partial charge in [0.05, 0.1) is 23.4 Å². The Bertz CT molecular complexity index is 656. The molecule has 2 aliphatic heterocycles. The second kappa shape index (κ2) is 7.22. The van der Waals surface area contributed by atoms with Gasteiger partial charge in [0.15, 0.2) is 0 Å². The molecular formula is C18H22F3N3O. The Kier molecular flexibility index (Phi) is 5.21. The molecule has 0 spiro atoms. The van der Waals surface area contributed by atoms with E-state index in [1.165, 1.54) is 6.07 Å². The van der Waals surface area contributed by atoms with Crippen LogP contribution in [-0.4, -0.2) is 48.3 Å². The predicted octanol–water partition coefficient (Wildman–Crippen LogP) is 3.00. The molecule has 0 bridgehead atoms. The average molecular weight is 353 g/mol. The molecule has 1 N–H and O–H groups in total. The molecule has 25 heavy (non-hydrogen) atoms. The minimum absolute atomic E-state index is 0.0712. The lowest BCUT2D eigenvalue weighted by atomic mass is 10.1. The van der Waals surface area contributed by atoms with E-state index in [1.54, 1.807) is 0 Å². The summed E-state index contributed by atoms with van der Waals surface area (Å²) < 4.78 is 38.7. The summed E-state index contributed by atoms with van der Waals surface area (Å²) in [5.41, 5.74) is -0.136. The molecule has 2 unspecified atom stereocenters. The van der Waals surface area contributed by atoms with E-state index in [9.17, 15) is 23.5 Å². The predicted molar refractivity (Wildman–Crippen MR) is 88.2 cm³/mol. The molecule has 0 radical (unpaired) electrons. The van der Waals surface area contributed by atoms with Crippen molar-refractivity contribution in [3.8, 4) is 6.07 Å². The number of benzene rings is 1. The summed E-state index contributed by atoms with van der Waals surface area (Å²) in [6.07, 6.45) is -0.512. The molecule has 136 valence electrons. The van der Waals surface area contributed by atoms with Gasteiger partial charge in [0, 0.05) is 25.2 Å². The third-order valence-corrected chi connectivity index (χ3v) is 5.29. The van der Waals surface area contributed by atoms with Crippen LogP contribution >= 0.6 is 0 Å². The molecule has 0 amide bonds. The molecular weight excluding hydrogens is 331 g/mol. The maximum Gasteiger partial charge on any atom is 0.416 e. The van der Waals surface area contributed by atoms with Gasteiger partial charge in [-0.3, -0.25) is 4.90 Å². The molecule has 7 heteroatoms. The summed E-state index contributed by atoms with van der Waals surface area (Å²) in [4.78, 5) is 4.32. The Morgan fingerprint density at radius 1 is 1.16 bits per heavy atom. The highest BCUT2D eigenvalue weighted by Crippen LogP contribution is 2.35. The van der Waals surface area contributed by atoms with Crippen molar-refractivity contribution in [3.63, 3.8) is 0 Å². The molecule has 1 aromatic carbocycles. The minimum Gasteiger partial charge on any atom is -0.395 e. The van der Waals surface area contributed by atoms with Gasteiger partial charge in [0.25, 0.3) is 0 Å². The number of anilines is 1. The van der Waals surface area contributed by atoms with Crippen LogP contribution in [0.5, 0.6) is 0 Å². The second-order valence-electron chi connectivity index (χ2n) is 6.80. The molecule has 2 fully saturated rings. The van der Waals surface area contributed by atoms with Crippen LogP contribution in [-0.2, 0) is 6.18 Å². The summed E-state index contributed by atoms with van der Waals surface area (Å²) in [5, 5.41) is 18.8. The summed E-state index contributed by atoms with van der Waals surface area (Å²) in [5.74, 6) is 0. The van der Waals surface area contributed by atoms with Crippen LogP contribution in [0.2, 0.25) is 0 Å². The minimum atomic E-state index is -4.45. The van der Waals surface area contributed by atoms with Crippen LogP contribution in [0.3, 0.4) is 0 Å². The maximum absolute atomic E-state index is 12.9. The molecule has 2 heterocycles. The topological polar surface area (TPSA) is 50.5 Å². The van der Waals surface area contributed by atoms with E-state index in [-0.39, 0.29) is 24.3 Å². The molecule has 3 rings (SSSR count). The second-order valence-corrected chi connectivity index (χ2v) is 6.80. The van der Waals surface area contributed by atoms with E-state index in [1.807, 2.05) is 6.07 Å². The normalized spacial score (nSPS) is 24.7. The largest absolute Gasteiger partial charge is 0.416 e. The third kappa shape index (κ3) is 3.75. The first-order chi connectivity index (χ1) is 11.9. The molecule has 0 aliphatic carbocycles. The average Bonchev–Trinajstić information content (AvgIpc) is 3.22. The Hall–Kier alpha value is -1.78. The fourth-order valence-electron chi connectivity index (χ4n) is 4.01. The smallest absolute Gasteiger partial charge is 0.395 e. The van der Waals surface area contributed by atoms with Crippen LogP contribution in [0.15, 0.2) is 18.2 Å². The van der Waals surface area contributed by atoms with Gasteiger partial charge < -0.3 is 10.0 Å². The Labute approximate surface area is 145 Å². The summed E-state index contributed by atoms with van der Waals surface area (Å²) in [7, 11) is 0. The standard InChI is InChI=1S/C18H22F3N3O/c19-18(20,21)14-5-6-17(13(9-14)10-22)24-8-2-3-15(24)11-23-7-1-4-16(23)12-25/h5-6,9,15-16,25H,1-4,7-8,11-12H2. The van der Waals surface area contributed by atoms with Gasteiger partial charge in [-0.1, -0.05) is 0 Å². The first-order valence-electron chi connectivity index (χ1n) is 8.67. The Morgan fingerprint density at radius 2 is 1.88 bits per heavy atom. The molecule has 2 saturated heterocycles. The Balaban J connectivity index is 1.81. The van der Waals surface area contributed by atoms with Gasteiger partial charge in [-0.15, -0.1) is 0 Å². The highest BCUT2D eigenvalue weighted by atomic mass is 19.4. The number of hydrogen-bond donors (Lipinski definition) is 1. The SMILES string of the molecule is N#Cc1cc(C(F)(F)F)ccc1N1CCCC1CN1CCCC1CO. The van der Waals surface area contributed by atoms with Crippen LogP contribution in [0.4, 0.5) is 18.9 Å². The summed E-state index contributed by atoms with van der Waals surface area (Å²) in [6, 6.07) is 5.68. The lowest BCUT2D eigenvalue weighted by Crippen LogP contribution is -2.43.